The molecule has 0 saturated heterocycles. The van der Waals surface area contributed by atoms with Gasteiger partial charge in [0.25, 0.3) is 0 Å². The summed E-state index contributed by atoms with van der Waals surface area (Å²) in [5.74, 6) is -0.370. The largest absolute Gasteiger partial charge is 0.488 e. The summed E-state index contributed by atoms with van der Waals surface area (Å²) >= 11 is 9.70. The van der Waals surface area contributed by atoms with Gasteiger partial charge in [-0.3, -0.25) is 4.79 Å². The molecule has 0 spiro atoms. The van der Waals surface area contributed by atoms with Gasteiger partial charge in [0.05, 0.1) is 11.4 Å². The van der Waals surface area contributed by atoms with Gasteiger partial charge in [-0.15, -0.1) is 0 Å². The van der Waals surface area contributed by atoms with E-state index in [0.29, 0.717) is 22.9 Å². The quantitative estimate of drug-likeness (QED) is 0.457. The maximum atomic E-state index is 10.8. The van der Waals surface area contributed by atoms with Gasteiger partial charge >= 0.3 is 5.97 Å². The Morgan fingerprint density at radius 3 is 2.32 bits per heavy atom. The van der Waals surface area contributed by atoms with Crippen LogP contribution < -0.4 is 4.74 Å². The molecule has 0 heterocycles. The number of aliphatic carboxylic acids is 1. The number of hydrogen-bond donors (Lipinski definition) is 1. The van der Waals surface area contributed by atoms with E-state index in [9.17, 15) is 4.79 Å². The average Bonchev–Trinajstić information content (AvgIpc) is 2.68. The van der Waals surface area contributed by atoms with Gasteiger partial charge in [-0.25, -0.2) is 0 Å². The first-order chi connectivity index (χ1) is 13.5. The minimum Gasteiger partial charge on any atom is -0.488 e. The molecule has 0 atom stereocenters. The Morgan fingerprint density at radius 1 is 1.00 bits per heavy atom. The van der Waals surface area contributed by atoms with E-state index < -0.39 is 5.97 Å². The molecule has 3 aromatic rings. The molecule has 3 nitrogen and oxygen atoms in total. The fourth-order valence-electron chi connectivity index (χ4n) is 2.81. The molecule has 0 aliphatic heterocycles. The Kier molecular flexibility index (Phi) is 6.90. The molecule has 28 heavy (non-hydrogen) atoms. The second-order valence-electron chi connectivity index (χ2n) is 6.14. The van der Waals surface area contributed by atoms with Crippen LogP contribution in [-0.2, 0) is 11.2 Å². The topological polar surface area (TPSA) is 46.5 Å². The monoisotopic (exact) mass is 456 g/mol. The van der Waals surface area contributed by atoms with Crippen LogP contribution in [0.1, 0.15) is 16.7 Å². The first-order valence-corrected chi connectivity index (χ1v) is 9.84. The van der Waals surface area contributed by atoms with Crippen molar-refractivity contribution in [2.24, 2.45) is 0 Å². The molecule has 3 rings (SSSR count). The van der Waals surface area contributed by atoms with Crippen LogP contribution in [0.2, 0.25) is 5.02 Å². The summed E-state index contributed by atoms with van der Waals surface area (Å²) in [7, 11) is 0. The zero-order valence-electron chi connectivity index (χ0n) is 14.9. The van der Waals surface area contributed by atoms with Crippen LogP contribution in [0.5, 0.6) is 5.75 Å². The van der Waals surface area contributed by atoms with E-state index in [1.165, 1.54) is 0 Å². The highest BCUT2D eigenvalue weighted by molar-refractivity contribution is 9.10. The third-order valence-electron chi connectivity index (χ3n) is 4.12. The van der Waals surface area contributed by atoms with E-state index in [2.05, 4.69) is 40.2 Å². The van der Waals surface area contributed by atoms with E-state index >= 15 is 0 Å². The van der Waals surface area contributed by atoms with Gasteiger partial charge in [0.2, 0.25) is 0 Å². The number of carboxylic acids is 1. The Labute approximate surface area is 177 Å². The lowest BCUT2D eigenvalue weighted by molar-refractivity contribution is -0.136. The molecular weight excluding hydrogens is 440 g/mol. The number of halogens is 2. The van der Waals surface area contributed by atoms with Crippen molar-refractivity contribution in [1.82, 2.24) is 0 Å². The molecule has 0 aliphatic rings. The zero-order chi connectivity index (χ0) is 19.9. The molecule has 5 heteroatoms. The van der Waals surface area contributed by atoms with Crippen LogP contribution in [0, 0.1) is 0 Å². The van der Waals surface area contributed by atoms with Crippen LogP contribution in [-0.4, -0.2) is 17.7 Å². The van der Waals surface area contributed by atoms with Crippen LogP contribution in [0.4, 0.5) is 0 Å². The zero-order valence-corrected chi connectivity index (χ0v) is 17.3. The standard InChI is InChI=1S/C23H18BrClO3/c24-19-9-7-18(8-10-19)20(17-4-2-1-3-5-17)12-13-28-22-11-6-16(14-21(22)25)15-23(26)27/h1-12,14H,13,15H2,(H,26,27)/b20-12-. The molecule has 0 aliphatic carbocycles. The minimum absolute atomic E-state index is 0.0678. The molecule has 0 bridgehead atoms. The molecule has 1 N–H and O–H groups in total. The lowest BCUT2D eigenvalue weighted by Gasteiger charge is -2.11. The predicted molar refractivity (Wildman–Crippen MR) is 116 cm³/mol. The van der Waals surface area contributed by atoms with Gasteiger partial charge in [-0.1, -0.05) is 76.1 Å². The Balaban J connectivity index is 1.80. The minimum atomic E-state index is -0.894. The van der Waals surface area contributed by atoms with E-state index in [-0.39, 0.29) is 6.42 Å². The smallest absolute Gasteiger partial charge is 0.307 e. The SMILES string of the molecule is O=C(O)Cc1ccc(OC/C=C(/c2ccccc2)c2ccc(Br)cc2)c(Cl)c1. The van der Waals surface area contributed by atoms with Gasteiger partial charge < -0.3 is 9.84 Å². The summed E-state index contributed by atoms with van der Waals surface area (Å²) in [6.45, 7) is 0.332. The van der Waals surface area contributed by atoms with Crippen molar-refractivity contribution >= 4 is 39.1 Å². The van der Waals surface area contributed by atoms with Crippen LogP contribution in [0.25, 0.3) is 5.57 Å². The van der Waals surface area contributed by atoms with E-state index in [1.54, 1.807) is 18.2 Å². The Morgan fingerprint density at radius 2 is 1.68 bits per heavy atom. The third kappa shape index (κ3) is 5.47. The number of carboxylic acid groups (broad SMARTS) is 1. The number of ether oxygens (including phenoxy) is 1. The second-order valence-corrected chi connectivity index (χ2v) is 7.46. The summed E-state index contributed by atoms with van der Waals surface area (Å²) in [5, 5.41) is 9.28. The third-order valence-corrected chi connectivity index (χ3v) is 4.94. The molecule has 0 amide bonds. The summed E-state index contributed by atoms with van der Waals surface area (Å²) in [6.07, 6.45) is 1.95. The van der Waals surface area contributed by atoms with Gasteiger partial charge in [0.15, 0.2) is 0 Å². The first-order valence-electron chi connectivity index (χ1n) is 8.67. The van der Waals surface area contributed by atoms with Crippen molar-refractivity contribution in [2.45, 2.75) is 6.42 Å². The van der Waals surface area contributed by atoms with Gasteiger partial charge in [-0.2, -0.15) is 0 Å². The van der Waals surface area contributed by atoms with Gasteiger partial charge in [-0.05, 0) is 52.6 Å². The highest BCUT2D eigenvalue weighted by atomic mass is 79.9. The molecule has 0 saturated carbocycles. The lowest BCUT2D eigenvalue weighted by Crippen LogP contribution is -2.01. The molecule has 0 radical (unpaired) electrons. The van der Waals surface area contributed by atoms with Crippen molar-refractivity contribution in [3.8, 4) is 5.75 Å². The summed E-state index contributed by atoms with van der Waals surface area (Å²) in [6, 6.07) is 23.3. The first kappa shape index (κ1) is 20.2. The summed E-state index contributed by atoms with van der Waals surface area (Å²) < 4.78 is 6.85. The fourth-order valence-corrected chi connectivity index (χ4v) is 3.33. The lowest BCUT2D eigenvalue weighted by atomic mass is 9.98. The Hall–Kier alpha value is -2.56. The van der Waals surface area contributed by atoms with Crippen LogP contribution in [0.3, 0.4) is 0 Å². The number of hydrogen-bond acceptors (Lipinski definition) is 2. The van der Waals surface area contributed by atoms with Crippen molar-refractivity contribution in [3.05, 3.63) is 105 Å². The average molecular weight is 458 g/mol. The predicted octanol–water partition coefficient (Wildman–Crippen LogP) is 6.24. The molecule has 0 fully saturated rings. The van der Waals surface area contributed by atoms with Crippen molar-refractivity contribution < 1.29 is 14.6 Å². The van der Waals surface area contributed by atoms with Crippen molar-refractivity contribution in [2.75, 3.05) is 6.61 Å². The van der Waals surface area contributed by atoms with Crippen molar-refractivity contribution in [3.63, 3.8) is 0 Å². The molecule has 142 valence electrons. The maximum absolute atomic E-state index is 10.8. The number of rotatable bonds is 7. The maximum Gasteiger partial charge on any atom is 0.307 e. The number of carbonyl (C=O) groups is 1. The summed E-state index contributed by atoms with van der Waals surface area (Å²) in [5.41, 5.74) is 3.88. The van der Waals surface area contributed by atoms with Crippen molar-refractivity contribution in [1.29, 1.82) is 0 Å². The highest BCUT2D eigenvalue weighted by Crippen LogP contribution is 2.28. The van der Waals surface area contributed by atoms with Crippen LogP contribution in [0.15, 0.2) is 83.3 Å². The normalized spacial score (nSPS) is 11.3. The highest BCUT2D eigenvalue weighted by Gasteiger charge is 2.08. The van der Waals surface area contributed by atoms with Crippen LogP contribution >= 0.6 is 27.5 Å². The molecule has 0 aromatic heterocycles. The molecule has 0 unspecified atom stereocenters. The Bertz CT molecular complexity index is 982. The summed E-state index contributed by atoms with van der Waals surface area (Å²) in [4.78, 5) is 10.8. The van der Waals surface area contributed by atoms with E-state index in [0.717, 1.165) is 21.2 Å². The van der Waals surface area contributed by atoms with E-state index in [4.69, 9.17) is 21.4 Å². The number of benzene rings is 3. The van der Waals surface area contributed by atoms with Gasteiger partial charge in [0.1, 0.15) is 12.4 Å². The van der Waals surface area contributed by atoms with Gasteiger partial charge in [0, 0.05) is 4.47 Å². The van der Waals surface area contributed by atoms with E-state index in [1.807, 2.05) is 36.4 Å². The molecular formula is C23H18BrClO3. The second kappa shape index (κ2) is 9.58. The molecule has 3 aromatic carbocycles. The fraction of sp³-hybridized carbons (Fsp3) is 0.0870.